The molecule has 0 bridgehead atoms. The van der Waals surface area contributed by atoms with Crippen molar-refractivity contribution < 1.29 is 4.79 Å². The van der Waals surface area contributed by atoms with Crippen LogP contribution in [0, 0.1) is 6.92 Å². The molecule has 0 aliphatic heterocycles. The summed E-state index contributed by atoms with van der Waals surface area (Å²) in [5.74, 6) is -0.0581. The number of carbonyl (C=O) groups excluding carboxylic acids is 1. The lowest BCUT2D eigenvalue weighted by molar-refractivity contribution is 0.102. The molecule has 0 aromatic heterocycles. The fourth-order valence-corrected chi connectivity index (χ4v) is 2.55. The van der Waals surface area contributed by atoms with Crippen molar-refractivity contribution in [3.05, 3.63) is 64.7 Å². The van der Waals surface area contributed by atoms with Gasteiger partial charge in [-0.15, -0.1) is 0 Å². The summed E-state index contributed by atoms with van der Waals surface area (Å²) >= 11 is 0. The van der Waals surface area contributed by atoms with Gasteiger partial charge in [0.15, 0.2) is 0 Å². The summed E-state index contributed by atoms with van der Waals surface area (Å²) in [6.45, 7) is 15.1. The number of carbonyl (C=O) groups is 1. The molecule has 1 amide bonds. The van der Waals surface area contributed by atoms with Gasteiger partial charge in [-0.05, 0) is 58.7 Å². The molecule has 0 saturated heterocycles. The third-order valence-corrected chi connectivity index (χ3v) is 4.20. The van der Waals surface area contributed by atoms with E-state index in [1.807, 2.05) is 43.3 Å². The standard InChI is InChI=1S/C22H29NO/c1-15-9-8-10-19(11-15)23-20(24)16-12-17(21(2,3)4)14-18(13-16)22(5,6)7/h8-14H,1-7H3,(H,23,24). The second-order valence-electron chi connectivity index (χ2n) is 8.62. The molecule has 0 heterocycles. The lowest BCUT2D eigenvalue weighted by Gasteiger charge is -2.26. The van der Waals surface area contributed by atoms with E-state index in [-0.39, 0.29) is 16.7 Å². The SMILES string of the molecule is Cc1cccc(NC(=O)c2cc(C(C)(C)C)cc(C(C)(C)C)c2)c1. The monoisotopic (exact) mass is 323 g/mol. The van der Waals surface area contributed by atoms with Gasteiger partial charge in [-0.3, -0.25) is 4.79 Å². The average Bonchev–Trinajstić information content (AvgIpc) is 2.45. The molecule has 1 N–H and O–H groups in total. The second-order valence-corrected chi connectivity index (χ2v) is 8.62. The highest BCUT2D eigenvalue weighted by Crippen LogP contribution is 2.30. The van der Waals surface area contributed by atoms with Crippen LogP contribution in [0.1, 0.15) is 68.6 Å². The van der Waals surface area contributed by atoms with Crippen LogP contribution < -0.4 is 5.32 Å². The van der Waals surface area contributed by atoms with Crippen molar-refractivity contribution in [2.24, 2.45) is 0 Å². The van der Waals surface area contributed by atoms with Gasteiger partial charge in [-0.2, -0.15) is 0 Å². The molecule has 0 aliphatic rings. The van der Waals surface area contributed by atoms with E-state index in [0.717, 1.165) is 11.3 Å². The maximum atomic E-state index is 12.8. The van der Waals surface area contributed by atoms with E-state index in [2.05, 4.69) is 52.9 Å². The lowest BCUT2D eigenvalue weighted by atomic mass is 9.79. The molecule has 0 saturated carbocycles. The van der Waals surface area contributed by atoms with Gasteiger partial charge in [-0.1, -0.05) is 59.7 Å². The van der Waals surface area contributed by atoms with Gasteiger partial charge in [0, 0.05) is 11.3 Å². The largest absolute Gasteiger partial charge is 0.322 e. The first-order chi connectivity index (χ1) is 11.0. The molecule has 24 heavy (non-hydrogen) atoms. The van der Waals surface area contributed by atoms with Crippen molar-refractivity contribution in [1.82, 2.24) is 0 Å². The van der Waals surface area contributed by atoms with Gasteiger partial charge >= 0.3 is 0 Å². The van der Waals surface area contributed by atoms with E-state index in [1.165, 1.54) is 11.1 Å². The third kappa shape index (κ3) is 4.47. The number of nitrogens with one attached hydrogen (secondary N) is 1. The van der Waals surface area contributed by atoms with Gasteiger partial charge < -0.3 is 5.32 Å². The first kappa shape index (κ1) is 18.3. The quantitative estimate of drug-likeness (QED) is 0.738. The Hall–Kier alpha value is -2.09. The normalized spacial score (nSPS) is 12.1. The Kier molecular flexibility index (Phi) is 4.89. The summed E-state index contributed by atoms with van der Waals surface area (Å²) in [6.07, 6.45) is 0. The molecule has 0 unspecified atom stereocenters. The van der Waals surface area contributed by atoms with Crippen molar-refractivity contribution in [2.45, 2.75) is 59.3 Å². The molecule has 2 rings (SSSR count). The number of aryl methyl sites for hydroxylation is 1. The van der Waals surface area contributed by atoms with Crippen molar-refractivity contribution in [3.8, 4) is 0 Å². The Morgan fingerprint density at radius 2 is 1.38 bits per heavy atom. The predicted octanol–water partition coefficient (Wildman–Crippen LogP) is 5.84. The summed E-state index contributed by atoms with van der Waals surface area (Å²) in [5.41, 5.74) is 5.05. The second kappa shape index (κ2) is 6.43. The fraction of sp³-hybridized carbons (Fsp3) is 0.409. The van der Waals surface area contributed by atoms with Crippen LogP contribution in [0.25, 0.3) is 0 Å². The van der Waals surface area contributed by atoms with Crippen LogP contribution in [0.3, 0.4) is 0 Å². The van der Waals surface area contributed by atoms with Gasteiger partial charge in [0.05, 0.1) is 0 Å². The summed E-state index contributed by atoms with van der Waals surface area (Å²) in [5, 5.41) is 3.02. The van der Waals surface area contributed by atoms with Crippen molar-refractivity contribution in [3.63, 3.8) is 0 Å². The molecule has 2 heteroatoms. The summed E-state index contributed by atoms with van der Waals surface area (Å²) in [6, 6.07) is 14.1. The zero-order chi connectivity index (χ0) is 18.1. The minimum absolute atomic E-state index is 0.000372. The maximum Gasteiger partial charge on any atom is 0.255 e. The Morgan fingerprint density at radius 1 is 0.833 bits per heavy atom. The van der Waals surface area contributed by atoms with Gasteiger partial charge in [0.2, 0.25) is 0 Å². The number of hydrogen-bond donors (Lipinski definition) is 1. The van der Waals surface area contributed by atoms with E-state index in [9.17, 15) is 4.79 Å². The van der Waals surface area contributed by atoms with E-state index >= 15 is 0 Å². The smallest absolute Gasteiger partial charge is 0.255 e. The topological polar surface area (TPSA) is 29.1 Å². The lowest BCUT2D eigenvalue weighted by Crippen LogP contribution is -2.20. The molecule has 0 fully saturated rings. The number of hydrogen-bond acceptors (Lipinski definition) is 1. The number of anilines is 1. The Bertz CT molecular complexity index is 713. The molecule has 2 aromatic rings. The maximum absolute atomic E-state index is 12.8. The molecule has 2 aromatic carbocycles. The van der Waals surface area contributed by atoms with Crippen LogP contribution in [0.4, 0.5) is 5.69 Å². The minimum Gasteiger partial charge on any atom is -0.322 e. The third-order valence-electron chi connectivity index (χ3n) is 4.20. The summed E-state index contributed by atoms with van der Waals surface area (Å²) in [4.78, 5) is 12.8. The first-order valence-electron chi connectivity index (χ1n) is 8.51. The van der Waals surface area contributed by atoms with Gasteiger partial charge in [0.25, 0.3) is 5.91 Å². The molecule has 0 spiro atoms. The van der Waals surface area contributed by atoms with E-state index < -0.39 is 0 Å². The van der Waals surface area contributed by atoms with Crippen LogP contribution in [0.5, 0.6) is 0 Å². The van der Waals surface area contributed by atoms with Gasteiger partial charge in [0.1, 0.15) is 0 Å². The fourth-order valence-electron chi connectivity index (χ4n) is 2.55. The summed E-state index contributed by atoms with van der Waals surface area (Å²) < 4.78 is 0. The predicted molar refractivity (Wildman–Crippen MR) is 103 cm³/mol. The van der Waals surface area contributed by atoms with Crippen molar-refractivity contribution in [1.29, 1.82) is 0 Å². The van der Waals surface area contributed by atoms with Crippen LogP contribution in [-0.2, 0) is 10.8 Å². The van der Waals surface area contributed by atoms with Gasteiger partial charge in [-0.25, -0.2) is 0 Å². The summed E-state index contributed by atoms with van der Waals surface area (Å²) in [7, 11) is 0. The zero-order valence-corrected chi connectivity index (χ0v) is 15.9. The Labute approximate surface area is 146 Å². The van der Waals surface area contributed by atoms with E-state index in [1.54, 1.807) is 0 Å². The number of amides is 1. The van der Waals surface area contributed by atoms with Crippen LogP contribution in [-0.4, -0.2) is 5.91 Å². The van der Waals surface area contributed by atoms with E-state index in [4.69, 9.17) is 0 Å². The molecular weight excluding hydrogens is 294 g/mol. The first-order valence-corrected chi connectivity index (χ1v) is 8.51. The Morgan fingerprint density at radius 3 is 1.83 bits per heavy atom. The molecule has 0 atom stereocenters. The molecule has 2 nitrogen and oxygen atoms in total. The highest BCUT2D eigenvalue weighted by atomic mass is 16.1. The zero-order valence-electron chi connectivity index (χ0n) is 15.9. The van der Waals surface area contributed by atoms with E-state index in [0.29, 0.717) is 5.56 Å². The molecule has 0 radical (unpaired) electrons. The van der Waals surface area contributed by atoms with Crippen LogP contribution >= 0.6 is 0 Å². The molecule has 0 aliphatic carbocycles. The molecular formula is C22H29NO. The Balaban J connectivity index is 2.43. The molecule has 128 valence electrons. The van der Waals surface area contributed by atoms with Crippen molar-refractivity contribution in [2.75, 3.05) is 5.32 Å². The van der Waals surface area contributed by atoms with Crippen molar-refractivity contribution >= 4 is 11.6 Å². The highest BCUT2D eigenvalue weighted by Gasteiger charge is 2.22. The van der Waals surface area contributed by atoms with Crippen LogP contribution in [0.15, 0.2) is 42.5 Å². The minimum atomic E-state index is -0.0581. The number of rotatable bonds is 2. The number of benzene rings is 2. The highest BCUT2D eigenvalue weighted by molar-refractivity contribution is 6.04. The average molecular weight is 323 g/mol. The van der Waals surface area contributed by atoms with Crippen LogP contribution in [0.2, 0.25) is 0 Å².